The van der Waals surface area contributed by atoms with Gasteiger partial charge in [-0.1, -0.05) is 13.8 Å². The lowest BCUT2D eigenvalue weighted by Gasteiger charge is -2.40. The van der Waals surface area contributed by atoms with Crippen LogP contribution in [0, 0.1) is 11.3 Å². The fourth-order valence-corrected chi connectivity index (χ4v) is 2.13. The van der Waals surface area contributed by atoms with Crippen molar-refractivity contribution in [3.8, 4) is 6.07 Å². The van der Waals surface area contributed by atoms with Crippen LogP contribution in [-0.4, -0.2) is 48.6 Å². The van der Waals surface area contributed by atoms with E-state index in [1.165, 1.54) is 6.42 Å². The van der Waals surface area contributed by atoms with Crippen LogP contribution < -0.4 is 0 Å². The van der Waals surface area contributed by atoms with Gasteiger partial charge in [0.15, 0.2) is 0 Å². The molecule has 1 fully saturated rings. The van der Waals surface area contributed by atoms with Crippen molar-refractivity contribution in [1.29, 1.82) is 5.26 Å². The molecule has 0 saturated carbocycles. The Morgan fingerprint density at radius 1 is 1.43 bits per heavy atom. The van der Waals surface area contributed by atoms with Crippen LogP contribution in [0.1, 0.15) is 26.7 Å². The Morgan fingerprint density at radius 2 is 2.14 bits per heavy atom. The van der Waals surface area contributed by atoms with E-state index < -0.39 is 0 Å². The highest BCUT2D eigenvalue weighted by atomic mass is 15.3. The topological polar surface area (TPSA) is 30.3 Å². The van der Waals surface area contributed by atoms with Crippen molar-refractivity contribution in [2.75, 3.05) is 26.7 Å². The SMILES string of the molecule is CCC1CN(C(C#N)CC)CCN1C. The summed E-state index contributed by atoms with van der Waals surface area (Å²) >= 11 is 0. The zero-order valence-electron chi connectivity index (χ0n) is 9.53. The molecule has 3 heteroatoms. The number of rotatable bonds is 3. The van der Waals surface area contributed by atoms with Crippen LogP contribution in [0.25, 0.3) is 0 Å². The maximum absolute atomic E-state index is 9.00. The molecule has 0 radical (unpaired) electrons. The van der Waals surface area contributed by atoms with E-state index in [1.807, 2.05) is 0 Å². The van der Waals surface area contributed by atoms with Crippen LogP contribution in [0.3, 0.4) is 0 Å². The van der Waals surface area contributed by atoms with Crippen molar-refractivity contribution in [1.82, 2.24) is 9.80 Å². The van der Waals surface area contributed by atoms with Crippen molar-refractivity contribution in [2.45, 2.75) is 38.8 Å². The molecule has 0 bridgehead atoms. The molecule has 1 rings (SSSR count). The number of nitriles is 1. The second-order valence-corrected chi connectivity index (χ2v) is 4.09. The first-order chi connectivity index (χ1) is 6.72. The second kappa shape index (κ2) is 5.33. The molecule has 1 aliphatic rings. The predicted octanol–water partition coefficient (Wildman–Crippen LogP) is 1.31. The summed E-state index contributed by atoms with van der Waals surface area (Å²) in [4.78, 5) is 4.73. The fourth-order valence-electron chi connectivity index (χ4n) is 2.13. The molecular formula is C11H21N3. The number of nitrogens with zero attached hydrogens (tertiary/aromatic N) is 3. The molecule has 80 valence electrons. The molecule has 3 nitrogen and oxygen atoms in total. The number of likely N-dealkylation sites (N-methyl/N-ethyl adjacent to an activating group) is 1. The van der Waals surface area contributed by atoms with Gasteiger partial charge in [-0.25, -0.2) is 0 Å². The normalized spacial score (nSPS) is 27.1. The number of piperazine rings is 1. The molecule has 1 saturated heterocycles. The van der Waals surface area contributed by atoms with E-state index in [-0.39, 0.29) is 6.04 Å². The lowest BCUT2D eigenvalue weighted by Crippen LogP contribution is -2.53. The van der Waals surface area contributed by atoms with Crippen molar-refractivity contribution in [3.05, 3.63) is 0 Å². The Morgan fingerprint density at radius 3 is 2.64 bits per heavy atom. The van der Waals surface area contributed by atoms with Crippen LogP contribution in [0.4, 0.5) is 0 Å². The Kier molecular flexibility index (Phi) is 4.37. The fraction of sp³-hybridized carbons (Fsp3) is 0.909. The van der Waals surface area contributed by atoms with Gasteiger partial charge in [-0.05, 0) is 19.9 Å². The van der Waals surface area contributed by atoms with Gasteiger partial charge in [-0.15, -0.1) is 0 Å². The van der Waals surface area contributed by atoms with Gasteiger partial charge in [0.2, 0.25) is 0 Å². The Bertz CT molecular complexity index is 209. The van der Waals surface area contributed by atoms with Crippen LogP contribution in [0.2, 0.25) is 0 Å². The predicted molar refractivity (Wildman–Crippen MR) is 58.0 cm³/mol. The van der Waals surface area contributed by atoms with Crippen molar-refractivity contribution < 1.29 is 0 Å². The molecule has 2 atom stereocenters. The first-order valence-electron chi connectivity index (χ1n) is 5.56. The summed E-state index contributed by atoms with van der Waals surface area (Å²) in [5.41, 5.74) is 0. The van der Waals surface area contributed by atoms with Crippen LogP contribution in [0.5, 0.6) is 0 Å². The summed E-state index contributed by atoms with van der Waals surface area (Å²) < 4.78 is 0. The molecule has 0 aliphatic carbocycles. The third-order valence-electron chi connectivity index (χ3n) is 3.26. The average Bonchev–Trinajstić information content (AvgIpc) is 2.22. The van der Waals surface area contributed by atoms with Gasteiger partial charge in [0.1, 0.15) is 0 Å². The first kappa shape index (κ1) is 11.5. The van der Waals surface area contributed by atoms with Gasteiger partial charge >= 0.3 is 0 Å². The minimum atomic E-state index is 0.123. The highest BCUT2D eigenvalue weighted by Crippen LogP contribution is 2.14. The average molecular weight is 195 g/mol. The molecule has 2 unspecified atom stereocenters. The van der Waals surface area contributed by atoms with Gasteiger partial charge in [0.25, 0.3) is 0 Å². The van der Waals surface area contributed by atoms with E-state index in [0.717, 1.165) is 26.1 Å². The van der Waals surface area contributed by atoms with Gasteiger partial charge in [-0.2, -0.15) is 5.26 Å². The zero-order chi connectivity index (χ0) is 10.6. The van der Waals surface area contributed by atoms with Crippen LogP contribution in [-0.2, 0) is 0 Å². The molecule has 0 aromatic rings. The molecule has 14 heavy (non-hydrogen) atoms. The highest BCUT2D eigenvalue weighted by Gasteiger charge is 2.26. The molecule has 1 heterocycles. The van der Waals surface area contributed by atoms with E-state index in [9.17, 15) is 0 Å². The summed E-state index contributed by atoms with van der Waals surface area (Å²) in [6.07, 6.45) is 2.12. The smallest absolute Gasteiger partial charge is 0.0976 e. The quantitative estimate of drug-likeness (QED) is 0.680. The molecular weight excluding hydrogens is 174 g/mol. The van der Waals surface area contributed by atoms with E-state index in [1.54, 1.807) is 0 Å². The Hall–Kier alpha value is -0.590. The molecule has 0 aromatic heterocycles. The number of hydrogen-bond acceptors (Lipinski definition) is 3. The van der Waals surface area contributed by atoms with Crippen molar-refractivity contribution in [3.63, 3.8) is 0 Å². The summed E-state index contributed by atoms with van der Waals surface area (Å²) in [5.74, 6) is 0. The van der Waals surface area contributed by atoms with Gasteiger partial charge < -0.3 is 4.90 Å². The van der Waals surface area contributed by atoms with E-state index in [0.29, 0.717) is 6.04 Å². The van der Waals surface area contributed by atoms with E-state index >= 15 is 0 Å². The van der Waals surface area contributed by atoms with Crippen molar-refractivity contribution >= 4 is 0 Å². The third-order valence-corrected chi connectivity index (χ3v) is 3.26. The Balaban J connectivity index is 2.54. The van der Waals surface area contributed by atoms with Gasteiger partial charge in [0.05, 0.1) is 12.1 Å². The maximum Gasteiger partial charge on any atom is 0.0976 e. The number of hydrogen-bond donors (Lipinski definition) is 0. The van der Waals surface area contributed by atoms with Crippen molar-refractivity contribution in [2.24, 2.45) is 0 Å². The third kappa shape index (κ3) is 2.46. The largest absolute Gasteiger partial charge is 0.301 e. The minimum Gasteiger partial charge on any atom is -0.301 e. The maximum atomic E-state index is 9.00. The lowest BCUT2D eigenvalue weighted by molar-refractivity contribution is 0.0764. The summed E-state index contributed by atoms with van der Waals surface area (Å²) in [7, 11) is 2.18. The van der Waals surface area contributed by atoms with E-state index in [2.05, 4.69) is 36.8 Å². The highest BCUT2D eigenvalue weighted by molar-refractivity contribution is 4.94. The van der Waals surface area contributed by atoms with E-state index in [4.69, 9.17) is 5.26 Å². The molecule has 0 aromatic carbocycles. The zero-order valence-corrected chi connectivity index (χ0v) is 9.53. The second-order valence-electron chi connectivity index (χ2n) is 4.09. The first-order valence-corrected chi connectivity index (χ1v) is 5.56. The standard InChI is InChI=1S/C11H21N3/c1-4-10(8-12)14-7-6-13(3)11(5-2)9-14/h10-11H,4-7,9H2,1-3H3. The summed E-state index contributed by atoms with van der Waals surface area (Å²) in [5, 5.41) is 9.00. The molecule has 0 amide bonds. The monoisotopic (exact) mass is 195 g/mol. The van der Waals surface area contributed by atoms with Gasteiger partial charge in [-0.3, -0.25) is 4.90 Å². The Labute approximate surface area is 87.3 Å². The lowest BCUT2D eigenvalue weighted by atomic mass is 10.1. The van der Waals surface area contributed by atoms with Crippen LogP contribution in [0.15, 0.2) is 0 Å². The minimum absolute atomic E-state index is 0.123. The molecule has 0 N–H and O–H groups in total. The van der Waals surface area contributed by atoms with Crippen LogP contribution >= 0.6 is 0 Å². The molecule has 1 aliphatic heterocycles. The summed E-state index contributed by atoms with van der Waals surface area (Å²) in [6.45, 7) is 7.50. The van der Waals surface area contributed by atoms with Gasteiger partial charge in [0, 0.05) is 25.7 Å². The molecule has 0 spiro atoms. The summed E-state index contributed by atoms with van der Waals surface area (Å²) in [6, 6.07) is 3.14.